The summed E-state index contributed by atoms with van der Waals surface area (Å²) in [4.78, 5) is 0.187. The van der Waals surface area contributed by atoms with E-state index in [4.69, 9.17) is 10.8 Å². The molecule has 0 aliphatic carbocycles. The Morgan fingerprint density at radius 2 is 2.06 bits per heavy atom. The molecule has 1 aromatic rings. The molecule has 3 N–H and O–H groups in total. The van der Waals surface area contributed by atoms with Crippen molar-refractivity contribution >= 4 is 15.7 Å². The van der Waals surface area contributed by atoms with Crippen LogP contribution in [0, 0.1) is 6.92 Å². The maximum Gasteiger partial charge on any atom is 0.243 e. The fourth-order valence-corrected chi connectivity index (χ4v) is 2.77. The first-order chi connectivity index (χ1) is 7.80. The first kappa shape index (κ1) is 14.0. The molecule has 0 aromatic heterocycles. The summed E-state index contributed by atoms with van der Waals surface area (Å²) < 4.78 is 25.5. The van der Waals surface area contributed by atoms with Crippen LogP contribution in [0.5, 0.6) is 0 Å². The lowest BCUT2D eigenvalue weighted by Gasteiger charge is -2.22. The minimum absolute atomic E-state index is 0.187. The molecule has 1 rings (SSSR count). The number of sulfonamides is 1. The monoisotopic (exact) mass is 258 g/mol. The molecule has 0 fully saturated rings. The van der Waals surface area contributed by atoms with Gasteiger partial charge in [0.1, 0.15) is 0 Å². The number of benzene rings is 1. The minimum Gasteiger partial charge on any atom is -0.399 e. The normalized spacial score (nSPS) is 13.9. The Balaban J connectivity index is 3.17. The van der Waals surface area contributed by atoms with Gasteiger partial charge in [0.25, 0.3) is 0 Å². The third kappa shape index (κ3) is 2.77. The summed E-state index contributed by atoms with van der Waals surface area (Å²) in [5.41, 5.74) is 6.92. The van der Waals surface area contributed by atoms with Gasteiger partial charge >= 0.3 is 0 Å². The van der Waals surface area contributed by atoms with Crippen LogP contribution in [0.1, 0.15) is 12.5 Å². The molecular formula is C11H18N2O3S. The molecule has 5 nitrogen and oxygen atoms in total. The van der Waals surface area contributed by atoms with Gasteiger partial charge in [-0.3, -0.25) is 0 Å². The Hall–Kier alpha value is -1.11. The number of aliphatic hydroxyl groups excluding tert-OH is 1. The largest absolute Gasteiger partial charge is 0.399 e. The van der Waals surface area contributed by atoms with E-state index in [9.17, 15) is 8.42 Å². The summed E-state index contributed by atoms with van der Waals surface area (Å²) in [6, 6.07) is 4.11. The Bertz CT molecular complexity index is 499. The van der Waals surface area contributed by atoms with Crippen molar-refractivity contribution in [2.24, 2.45) is 0 Å². The Kier molecular flexibility index (Phi) is 4.13. The number of rotatable bonds is 4. The number of nitrogen functional groups attached to an aromatic ring is 1. The van der Waals surface area contributed by atoms with E-state index in [-0.39, 0.29) is 11.5 Å². The van der Waals surface area contributed by atoms with Gasteiger partial charge in [-0.1, -0.05) is 0 Å². The molecule has 6 heteroatoms. The van der Waals surface area contributed by atoms with Gasteiger partial charge in [0.05, 0.1) is 11.5 Å². The van der Waals surface area contributed by atoms with Crippen molar-refractivity contribution in [3.8, 4) is 0 Å². The molecule has 1 unspecified atom stereocenters. The van der Waals surface area contributed by atoms with Crippen molar-refractivity contribution in [1.82, 2.24) is 4.31 Å². The number of hydrogen-bond acceptors (Lipinski definition) is 4. The standard InChI is InChI=1S/C11H18N2O3S/c1-8-6-10(4-5-11(8)12)17(15,16)13(3)9(2)7-14/h4-6,9,14H,7,12H2,1-3H3. The summed E-state index contributed by atoms with van der Waals surface area (Å²) in [6.45, 7) is 3.18. The smallest absolute Gasteiger partial charge is 0.243 e. The summed E-state index contributed by atoms with van der Waals surface area (Å²) >= 11 is 0. The first-order valence-electron chi connectivity index (χ1n) is 5.25. The van der Waals surface area contributed by atoms with Gasteiger partial charge in [0.2, 0.25) is 10.0 Å². The average Bonchev–Trinajstić information content (AvgIpc) is 2.30. The second-order valence-electron chi connectivity index (χ2n) is 4.07. The summed E-state index contributed by atoms with van der Waals surface area (Å²) in [5, 5.41) is 8.99. The van der Waals surface area contributed by atoms with Crippen LogP contribution in [0.2, 0.25) is 0 Å². The van der Waals surface area contributed by atoms with E-state index in [1.54, 1.807) is 19.9 Å². The third-order valence-corrected chi connectivity index (χ3v) is 4.77. The van der Waals surface area contributed by atoms with Crippen LogP contribution < -0.4 is 5.73 Å². The molecule has 0 saturated carbocycles. The molecule has 17 heavy (non-hydrogen) atoms. The van der Waals surface area contributed by atoms with Gasteiger partial charge in [0.15, 0.2) is 0 Å². The molecule has 0 heterocycles. The highest BCUT2D eigenvalue weighted by atomic mass is 32.2. The van der Waals surface area contributed by atoms with Crippen molar-refractivity contribution in [2.45, 2.75) is 24.8 Å². The molecule has 0 spiro atoms. The fourth-order valence-electron chi connectivity index (χ4n) is 1.33. The van der Waals surface area contributed by atoms with Crippen molar-refractivity contribution in [3.05, 3.63) is 23.8 Å². The van der Waals surface area contributed by atoms with E-state index in [0.29, 0.717) is 5.69 Å². The number of likely N-dealkylation sites (N-methyl/N-ethyl adjacent to an activating group) is 1. The summed E-state index contributed by atoms with van der Waals surface area (Å²) in [6.07, 6.45) is 0. The van der Waals surface area contributed by atoms with Crippen LogP contribution in [-0.2, 0) is 10.0 Å². The van der Waals surface area contributed by atoms with Crippen LogP contribution in [0.3, 0.4) is 0 Å². The third-order valence-electron chi connectivity index (χ3n) is 2.80. The topological polar surface area (TPSA) is 83.6 Å². The van der Waals surface area contributed by atoms with Crippen molar-refractivity contribution < 1.29 is 13.5 Å². The van der Waals surface area contributed by atoms with Crippen LogP contribution in [0.25, 0.3) is 0 Å². The Morgan fingerprint density at radius 3 is 2.53 bits per heavy atom. The lowest BCUT2D eigenvalue weighted by molar-refractivity contribution is 0.214. The second-order valence-corrected chi connectivity index (χ2v) is 6.07. The zero-order valence-electron chi connectivity index (χ0n) is 10.2. The molecule has 0 bridgehead atoms. The minimum atomic E-state index is -3.57. The van der Waals surface area contributed by atoms with Crippen molar-refractivity contribution in [3.63, 3.8) is 0 Å². The van der Waals surface area contributed by atoms with Gasteiger partial charge in [0, 0.05) is 18.8 Å². The van der Waals surface area contributed by atoms with E-state index in [1.807, 2.05) is 0 Å². The lowest BCUT2D eigenvalue weighted by atomic mass is 10.2. The van der Waals surface area contributed by atoms with E-state index in [1.165, 1.54) is 19.2 Å². The summed E-state index contributed by atoms with van der Waals surface area (Å²) in [7, 11) is -2.13. The lowest BCUT2D eigenvalue weighted by Crippen LogP contribution is -2.37. The summed E-state index contributed by atoms with van der Waals surface area (Å²) in [5.74, 6) is 0. The van der Waals surface area contributed by atoms with Crippen LogP contribution >= 0.6 is 0 Å². The zero-order valence-corrected chi connectivity index (χ0v) is 11.0. The molecule has 1 aromatic carbocycles. The highest BCUT2D eigenvalue weighted by Crippen LogP contribution is 2.20. The maximum absolute atomic E-state index is 12.2. The fraction of sp³-hybridized carbons (Fsp3) is 0.455. The van der Waals surface area contributed by atoms with Gasteiger partial charge in [-0.2, -0.15) is 4.31 Å². The number of aryl methyl sites for hydroxylation is 1. The predicted octanol–water partition coefficient (Wildman–Crippen LogP) is 0.579. The molecule has 0 radical (unpaired) electrons. The average molecular weight is 258 g/mol. The molecule has 0 aliphatic heterocycles. The highest BCUT2D eigenvalue weighted by Gasteiger charge is 2.25. The van der Waals surface area contributed by atoms with Crippen molar-refractivity contribution in [1.29, 1.82) is 0 Å². The van der Waals surface area contributed by atoms with E-state index < -0.39 is 16.1 Å². The quantitative estimate of drug-likeness (QED) is 0.774. The maximum atomic E-state index is 12.2. The predicted molar refractivity (Wildman–Crippen MR) is 67.1 cm³/mol. The molecule has 0 saturated heterocycles. The van der Waals surface area contributed by atoms with Gasteiger partial charge in [-0.25, -0.2) is 8.42 Å². The number of nitrogens with zero attached hydrogens (tertiary/aromatic N) is 1. The molecule has 1 atom stereocenters. The molecule has 0 amide bonds. The van der Waals surface area contributed by atoms with Crippen molar-refractivity contribution in [2.75, 3.05) is 19.4 Å². The van der Waals surface area contributed by atoms with Gasteiger partial charge in [-0.15, -0.1) is 0 Å². The number of nitrogens with two attached hydrogens (primary N) is 1. The number of anilines is 1. The molecule has 96 valence electrons. The van der Waals surface area contributed by atoms with E-state index >= 15 is 0 Å². The number of hydrogen-bond donors (Lipinski definition) is 2. The van der Waals surface area contributed by atoms with Gasteiger partial charge < -0.3 is 10.8 Å². The Labute approximate surface area is 102 Å². The number of aliphatic hydroxyl groups is 1. The zero-order chi connectivity index (χ0) is 13.2. The molecular weight excluding hydrogens is 240 g/mol. The van der Waals surface area contributed by atoms with Crippen LogP contribution in [0.15, 0.2) is 23.1 Å². The van der Waals surface area contributed by atoms with Gasteiger partial charge in [-0.05, 0) is 37.6 Å². The van der Waals surface area contributed by atoms with Crippen LogP contribution in [-0.4, -0.2) is 37.5 Å². The highest BCUT2D eigenvalue weighted by molar-refractivity contribution is 7.89. The first-order valence-corrected chi connectivity index (χ1v) is 6.69. The van der Waals surface area contributed by atoms with Crippen LogP contribution in [0.4, 0.5) is 5.69 Å². The van der Waals surface area contributed by atoms with E-state index in [2.05, 4.69) is 0 Å². The SMILES string of the molecule is Cc1cc(S(=O)(=O)N(C)C(C)CO)ccc1N. The van der Waals surface area contributed by atoms with E-state index in [0.717, 1.165) is 9.87 Å². The Morgan fingerprint density at radius 1 is 1.47 bits per heavy atom. The second kappa shape index (κ2) is 5.03. The molecule has 0 aliphatic rings.